The number of hydrogen-bond donors (Lipinski definition) is 0. The summed E-state index contributed by atoms with van der Waals surface area (Å²) in [6.45, 7) is 1.82. The molecule has 0 aliphatic heterocycles. The van der Waals surface area contributed by atoms with Gasteiger partial charge < -0.3 is 0 Å². The molecule has 0 bridgehead atoms. The Hall–Kier alpha value is 0.452. The van der Waals surface area contributed by atoms with E-state index < -0.39 is 4.65 Å². The molecule has 0 heterocycles. The Labute approximate surface area is 52.2 Å². The molecule has 0 amide bonds. The number of rotatable bonds is 2. The van der Waals surface area contributed by atoms with E-state index in [1.165, 1.54) is 0 Å². The summed E-state index contributed by atoms with van der Waals surface area (Å²) in [5.41, 5.74) is 0. The maximum absolute atomic E-state index is 4.83. The van der Waals surface area contributed by atoms with Crippen LogP contribution in [0.4, 0.5) is 0 Å². The first-order valence-corrected chi connectivity index (χ1v) is 2.59. The average Bonchev–Trinajstić information content (AvgIpc) is 1.68. The molecule has 0 radical (unpaired) electrons. The SMILES string of the molecule is CO[C](C)([Al+2])OC. The zero-order valence-electron chi connectivity index (χ0n) is 4.89. The van der Waals surface area contributed by atoms with Gasteiger partial charge in [-0.25, -0.2) is 0 Å². The van der Waals surface area contributed by atoms with Crippen molar-refractivity contribution in [3.63, 3.8) is 0 Å². The van der Waals surface area contributed by atoms with Crippen molar-refractivity contribution >= 4 is 16.3 Å². The summed E-state index contributed by atoms with van der Waals surface area (Å²) in [4.78, 5) is 0. The Balaban J connectivity index is 3.36. The van der Waals surface area contributed by atoms with E-state index in [0.29, 0.717) is 0 Å². The zero-order chi connectivity index (χ0) is 5.91. The molecule has 0 rings (SSSR count). The van der Waals surface area contributed by atoms with Gasteiger partial charge in [0.2, 0.25) is 0 Å². The molecule has 7 heavy (non-hydrogen) atoms. The second-order valence-corrected chi connectivity index (χ2v) is 2.47. The van der Waals surface area contributed by atoms with Crippen LogP contribution in [0.2, 0.25) is 0 Å². The Morgan fingerprint density at radius 1 is 1.29 bits per heavy atom. The van der Waals surface area contributed by atoms with Gasteiger partial charge in [0.1, 0.15) is 0 Å². The average molecular weight is 116 g/mol. The van der Waals surface area contributed by atoms with Gasteiger partial charge in [-0.15, -0.1) is 0 Å². The topological polar surface area (TPSA) is 18.5 Å². The van der Waals surface area contributed by atoms with Crippen LogP contribution in [0, 0.1) is 0 Å². The van der Waals surface area contributed by atoms with E-state index in [1.807, 2.05) is 6.92 Å². The predicted molar refractivity (Wildman–Crippen MR) is 28.2 cm³/mol. The fourth-order valence-electron chi connectivity index (χ4n) is 0.0833. The van der Waals surface area contributed by atoms with E-state index in [1.54, 1.807) is 14.2 Å². The number of ether oxygens (including phenoxy) is 2. The first-order chi connectivity index (χ1) is 3.12. The molecular weight excluding hydrogens is 107 g/mol. The van der Waals surface area contributed by atoms with Crippen molar-refractivity contribution in [1.82, 2.24) is 0 Å². The molecule has 0 aromatic heterocycles. The Bertz CT molecular complexity index is 47.7. The van der Waals surface area contributed by atoms with Gasteiger partial charge >= 0.3 is 51.6 Å². The Morgan fingerprint density at radius 3 is 1.57 bits per heavy atom. The summed E-state index contributed by atoms with van der Waals surface area (Å²) in [6.07, 6.45) is 0. The maximum atomic E-state index is 4.83. The molecule has 0 fully saturated rings. The minimum atomic E-state index is -0.500. The second-order valence-electron chi connectivity index (χ2n) is 1.42. The molecule has 0 aromatic carbocycles. The van der Waals surface area contributed by atoms with Crippen molar-refractivity contribution in [2.24, 2.45) is 0 Å². The van der Waals surface area contributed by atoms with Gasteiger partial charge in [-0.05, 0) is 0 Å². The molecule has 0 atom stereocenters. The molecule has 38 valence electrons. The molecule has 0 saturated carbocycles. The first-order valence-electron chi connectivity index (χ1n) is 2.01. The van der Waals surface area contributed by atoms with Crippen molar-refractivity contribution in [1.29, 1.82) is 0 Å². The monoisotopic (exact) mass is 116 g/mol. The molecule has 0 saturated heterocycles. The van der Waals surface area contributed by atoms with Crippen molar-refractivity contribution < 1.29 is 9.47 Å². The normalized spacial score (nSPS) is 12.1. The van der Waals surface area contributed by atoms with Gasteiger partial charge in [-0.2, -0.15) is 0 Å². The Morgan fingerprint density at radius 2 is 1.57 bits per heavy atom. The van der Waals surface area contributed by atoms with Crippen LogP contribution in [-0.4, -0.2) is 35.2 Å². The van der Waals surface area contributed by atoms with Crippen molar-refractivity contribution in [2.75, 3.05) is 14.2 Å². The summed E-state index contributed by atoms with van der Waals surface area (Å²) in [6, 6.07) is 0. The van der Waals surface area contributed by atoms with Crippen LogP contribution in [-0.2, 0) is 9.47 Å². The van der Waals surface area contributed by atoms with E-state index in [2.05, 4.69) is 16.3 Å². The summed E-state index contributed by atoms with van der Waals surface area (Å²) in [7, 11) is 3.19. The van der Waals surface area contributed by atoms with E-state index >= 15 is 0 Å². The molecule has 0 unspecified atom stereocenters. The number of methoxy groups -OCH3 is 2. The van der Waals surface area contributed by atoms with E-state index in [0.717, 1.165) is 0 Å². The van der Waals surface area contributed by atoms with Gasteiger partial charge in [-0.3, -0.25) is 0 Å². The predicted octanol–water partition coefficient (Wildman–Crippen LogP) is 0.121. The molecule has 0 N–H and O–H groups in total. The minimum absolute atomic E-state index is 0.500. The van der Waals surface area contributed by atoms with Crippen LogP contribution < -0.4 is 0 Å². The quantitative estimate of drug-likeness (QED) is 0.377. The third kappa shape index (κ3) is 3.07. The van der Waals surface area contributed by atoms with Gasteiger partial charge in [0, 0.05) is 0 Å². The second kappa shape index (κ2) is 2.69. The molecule has 3 heteroatoms. The Kier molecular flexibility index (Phi) is 2.86. The third-order valence-corrected chi connectivity index (χ3v) is 1.28. The van der Waals surface area contributed by atoms with E-state index in [-0.39, 0.29) is 0 Å². The molecule has 0 aromatic rings. The van der Waals surface area contributed by atoms with Crippen LogP contribution >= 0.6 is 0 Å². The molecule has 0 spiro atoms. The van der Waals surface area contributed by atoms with Crippen LogP contribution in [0.15, 0.2) is 0 Å². The van der Waals surface area contributed by atoms with Crippen molar-refractivity contribution in [2.45, 2.75) is 11.6 Å². The van der Waals surface area contributed by atoms with Crippen molar-refractivity contribution in [3.8, 4) is 0 Å². The van der Waals surface area contributed by atoms with E-state index in [9.17, 15) is 0 Å². The van der Waals surface area contributed by atoms with Crippen LogP contribution in [0.5, 0.6) is 0 Å². The summed E-state index contributed by atoms with van der Waals surface area (Å²) >= 11 is 2.42. The standard InChI is InChI=1S/C4H9O2.Al/c1-4(5-2)6-3;/h1-3H3;/q;+2. The summed E-state index contributed by atoms with van der Waals surface area (Å²) in [5.74, 6) is 0. The molecule has 0 aliphatic rings. The van der Waals surface area contributed by atoms with Gasteiger partial charge in [0.25, 0.3) is 0 Å². The third-order valence-electron chi connectivity index (χ3n) is 0.811. The molecule has 0 aliphatic carbocycles. The zero-order valence-corrected chi connectivity index (χ0v) is 6.05. The van der Waals surface area contributed by atoms with Gasteiger partial charge in [0.05, 0.1) is 0 Å². The summed E-state index contributed by atoms with van der Waals surface area (Å²) in [5, 5.41) is 0. The molecular formula is C4H9AlO2+2. The van der Waals surface area contributed by atoms with Crippen LogP contribution in [0.25, 0.3) is 0 Å². The fraction of sp³-hybridized carbons (Fsp3) is 1.00. The van der Waals surface area contributed by atoms with Gasteiger partial charge in [-0.1, -0.05) is 0 Å². The fourth-order valence-corrected chi connectivity index (χ4v) is 0.0833. The van der Waals surface area contributed by atoms with Crippen LogP contribution in [0.3, 0.4) is 0 Å². The first kappa shape index (κ1) is 7.45. The van der Waals surface area contributed by atoms with Gasteiger partial charge in [0.15, 0.2) is 0 Å². The van der Waals surface area contributed by atoms with Crippen molar-refractivity contribution in [3.05, 3.63) is 0 Å². The molecule has 2 nitrogen and oxygen atoms in total. The summed E-state index contributed by atoms with van der Waals surface area (Å²) < 4.78 is 9.16. The number of hydrogen-bond acceptors (Lipinski definition) is 2. The van der Waals surface area contributed by atoms with Crippen LogP contribution in [0.1, 0.15) is 6.92 Å². The van der Waals surface area contributed by atoms with E-state index in [4.69, 9.17) is 9.47 Å².